The number of carboxylic acid groups (broad SMARTS) is 2. The maximum Gasteiger partial charge on any atom is 0.326 e. The minimum Gasteiger partial charge on any atom is -0.481 e. The quantitative estimate of drug-likeness (QED) is 0.254. The summed E-state index contributed by atoms with van der Waals surface area (Å²) in [4.78, 5) is 57.7. The van der Waals surface area contributed by atoms with E-state index in [4.69, 9.17) is 15.9 Å². The SMILES string of the molecule is CC(N)C(=O)NC(C)C(=O)NC(C(=O)NC(CC(=O)O)C(=O)O)C(C)C. The number of hydrogen-bond acceptors (Lipinski definition) is 6. The molecule has 4 unspecified atom stereocenters. The summed E-state index contributed by atoms with van der Waals surface area (Å²) in [6, 6.07) is -4.54. The van der Waals surface area contributed by atoms with E-state index in [0.717, 1.165) is 0 Å². The summed E-state index contributed by atoms with van der Waals surface area (Å²) < 4.78 is 0. The number of nitrogens with one attached hydrogen (secondary N) is 3. The fraction of sp³-hybridized carbons (Fsp3) is 0.667. The summed E-state index contributed by atoms with van der Waals surface area (Å²) in [5.41, 5.74) is 5.39. The lowest BCUT2D eigenvalue weighted by Crippen LogP contribution is -2.57. The lowest BCUT2D eigenvalue weighted by molar-refractivity contribution is -0.147. The number of amides is 3. The number of hydrogen-bond donors (Lipinski definition) is 6. The van der Waals surface area contributed by atoms with E-state index in [9.17, 15) is 24.0 Å². The number of aliphatic carboxylic acids is 2. The highest BCUT2D eigenvalue weighted by Gasteiger charge is 2.31. The third-order valence-electron chi connectivity index (χ3n) is 3.41. The van der Waals surface area contributed by atoms with E-state index in [1.54, 1.807) is 13.8 Å². The van der Waals surface area contributed by atoms with Crippen molar-refractivity contribution in [3.05, 3.63) is 0 Å². The molecule has 0 aromatic heterocycles. The molecule has 0 spiro atoms. The number of rotatable bonds is 10. The molecule has 0 saturated heterocycles. The second-order valence-electron chi connectivity index (χ2n) is 6.25. The van der Waals surface area contributed by atoms with Gasteiger partial charge in [-0.15, -0.1) is 0 Å². The van der Waals surface area contributed by atoms with Crippen LogP contribution in [0.2, 0.25) is 0 Å². The number of nitrogens with two attached hydrogens (primary N) is 1. The van der Waals surface area contributed by atoms with Crippen LogP contribution in [0.25, 0.3) is 0 Å². The average Bonchev–Trinajstić information content (AvgIpc) is 2.50. The highest BCUT2D eigenvalue weighted by Crippen LogP contribution is 2.04. The summed E-state index contributed by atoms with van der Waals surface area (Å²) in [6.07, 6.45) is -0.805. The molecule has 0 aromatic carbocycles. The molecule has 0 fully saturated rings. The van der Waals surface area contributed by atoms with Crippen LogP contribution in [0.4, 0.5) is 0 Å². The summed E-state index contributed by atoms with van der Waals surface area (Å²) >= 11 is 0. The van der Waals surface area contributed by atoms with Crippen molar-refractivity contribution in [2.24, 2.45) is 11.7 Å². The van der Waals surface area contributed by atoms with Gasteiger partial charge in [0.2, 0.25) is 17.7 Å². The van der Waals surface area contributed by atoms with E-state index in [1.165, 1.54) is 13.8 Å². The zero-order chi connectivity index (χ0) is 20.6. The highest BCUT2D eigenvalue weighted by atomic mass is 16.4. The van der Waals surface area contributed by atoms with Gasteiger partial charge in [-0.05, 0) is 19.8 Å². The maximum absolute atomic E-state index is 12.3. The van der Waals surface area contributed by atoms with E-state index in [0.29, 0.717) is 0 Å². The van der Waals surface area contributed by atoms with Gasteiger partial charge in [-0.25, -0.2) is 4.79 Å². The first-order chi connectivity index (χ1) is 11.9. The van der Waals surface area contributed by atoms with Crippen LogP contribution in [0, 0.1) is 5.92 Å². The molecule has 3 amide bonds. The topological polar surface area (TPSA) is 188 Å². The van der Waals surface area contributed by atoms with Gasteiger partial charge in [0.25, 0.3) is 0 Å². The molecule has 0 aliphatic carbocycles. The van der Waals surface area contributed by atoms with Crippen molar-refractivity contribution >= 4 is 29.7 Å². The van der Waals surface area contributed by atoms with Gasteiger partial charge in [0.1, 0.15) is 18.1 Å². The lowest BCUT2D eigenvalue weighted by Gasteiger charge is -2.25. The van der Waals surface area contributed by atoms with Crippen LogP contribution in [-0.2, 0) is 24.0 Å². The van der Waals surface area contributed by atoms with Gasteiger partial charge in [0.05, 0.1) is 12.5 Å². The smallest absolute Gasteiger partial charge is 0.326 e. The Morgan fingerprint density at radius 3 is 1.77 bits per heavy atom. The molecular formula is C15H26N4O7. The van der Waals surface area contributed by atoms with Crippen LogP contribution >= 0.6 is 0 Å². The second-order valence-corrected chi connectivity index (χ2v) is 6.25. The third-order valence-corrected chi connectivity index (χ3v) is 3.41. The zero-order valence-corrected chi connectivity index (χ0v) is 15.1. The first-order valence-corrected chi connectivity index (χ1v) is 7.98. The summed E-state index contributed by atoms with van der Waals surface area (Å²) in [7, 11) is 0. The molecule has 0 aliphatic heterocycles. The minimum atomic E-state index is -1.63. The molecule has 148 valence electrons. The number of carbonyl (C=O) groups is 5. The van der Waals surface area contributed by atoms with Crippen molar-refractivity contribution in [1.29, 1.82) is 0 Å². The predicted octanol–water partition coefficient (Wildman–Crippen LogP) is -1.98. The van der Waals surface area contributed by atoms with E-state index in [-0.39, 0.29) is 0 Å². The molecule has 0 rings (SSSR count). The van der Waals surface area contributed by atoms with Crippen LogP contribution in [0.5, 0.6) is 0 Å². The first kappa shape index (κ1) is 23.3. The second kappa shape index (κ2) is 10.3. The maximum atomic E-state index is 12.3. The molecule has 7 N–H and O–H groups in total. The lowest BCUT2D eigenvalue weighted by atomic mass is 10.0. The monoisotopic (exact) mass is 374 g/mol. The molecule has 11 heteroatoms. The molecule has 4 atom stereocenters. The summed E-state index contributed by atoms with van der Waals surface area (Å²) in [5, 5.41) is 24.6. The van der Waals surface area contributed by atoms with E-state index in [2.05, 4.69) is 16.0 Å². The molecule has 11 nitrogen and oxygen atoms in total. The zero-order valence-electron chi connectivity index (χ0n) is 15.1. The van der Waals surface area contributed by atoms with Gasteiger partial charge in [-0.1, -0.05) is 13.8 Å². The Morgan fingerprint density at radius 1 is 0.846 bits per heavy atom. The fourth-order valence-electron chi connectivity index (χ4n) is 1.86. The Bertz CT molecular complexity index is 562. The largest absolute Gasteiger partial charge is 0.481 e. The van der Waals surface area contributed by atoms with Gasteiger partial charge in [-0.3, -0.25) is 19.2 Å². The minimum absolute atomic E-state index is 0.422. The van der Waals surface area contributed by atoms with Crippen LogP contribution in [0.1, 0.15) is 34.1 Å². The predicted molar refractivity (Wildman–Crippen MR) is 89.8 cm³/mol. The molecule has 0 aliphatic rings. The Balaban J connectivity index is 5.03. The van der Waals surface area contributed by atoms with Gasteiger partial charge >= 0.3 is 11.9 Å². The van der Waals surface area contributed by atoms with Crippen LogP contribution in [-0.4, -0.2) is 64.0 Å². The standard InChI is InChI=1S/C15H26N4O7/c1-6(2)11(14(24)18-9(15(25)26)5-10(20)21)19-13(23)8(4)17-12(22)7(3)16/h6-9,11H,5,16H2,1-4H3,(H,17,22)(H,18,24)(H,19,23)(H,20,21)(H,25,26). The number of carbonyl (C=O) groups excluding carboxylic acids is 3. The van der Waals surface area contributed by atoms with E-state index < -0.39 is 66.2 Å². The average molecular weight is 374 g/mol. The Hall–Kier alpha value is -2.69. The highest BCUT2D eigenvalue weighted by molar-refractivity contribution is 5.94. The number of carboxylic acids is 2. The van der Waals surface area contributed by atoms with Crippen molar-refractivity contribution in [1.82, 2.24) is 16.0 Å². The van der Waals surface area contributed by atoms with Gasteiger partial charge < -0.3 is 31.9 Å². The van der Waals surface area contributed by atoms with Gasteiger partial charge in [0.15, 0.2) is 0 Å². The molecule has 0 heterocycles. The van der Waals surface area contributed by atoms with Gasteiger partial charge in [0, 0.05) is 0 Å². The van der Waals surface area contributed by atoms with Crippen LogP contribution in [0.3, 0.4) is 0 Å². The summed E-state index contributed by atoms with van der Waals surface area (Å²) in [6.45, 7) is 6.07. The molecule has 26 heavy (non-hydrogen) atoms. The van der Waals surface area contributed by atoms with Crippen LogP contribution in [0.15, 0.2) is 0 Å². The molecule has 0 bridgehead atoms. The van der Waals surface area contributed by atoms with Crippen molar-refractivity contribution in [2.45, 2.75) is 58.3 Å². The van der Waals surface area contributed by atoms with Crippen molar-refractivity contribution in [3.8, 4) is 0 Å². The normalized spacial score (nSPS) is 15.3. The van der Waals surface area contributed by atoms with Crippen molar-refractivity contribution in [2.75, 3.05) is 0 Å². The first-order valence-electron chi connectivity index (χ1n) is 7.98. The van der Waals surface area contributed by atoms with E-state index >= 15 is 0 Å². The molecule has 0 aromatic rings. The summed E-state index contributed by atoms with van der Waals surface area (Å²) in [5.74, 6) is -5.38. The van der Waals surface area contributed by atoms with Crippen LogP contribution < -0.4 is 21.7 Å². The molecule has 0 saturated carbocycles. The van der Waals surface area contributed by atoms with Crippen molar-refractivity contribution < 1.29 is 34.2 Å². The Kier molecular flexibility index (Phi) is 9.27. The Labute approximate surface area is 150 Å². The van der Waals surface area contributed by atoms with Crippen molar-refractivity contribution in [3.63, 3.8) is 0 Å². The fourth-order valence-corrected chi connectivity index (χ4v) is 1.86. The van der Waals surface area contributed by atoms with E-state index in [1.807, 2.05) is 0 Å². The third kappa shape index (κ3) is 7.92. The van der Waals surface area contributed by atoms with Gasteiger partial charge in [-0.2, -0.15) is 0 Å². The molecular weight excluding hydrogens is 348 g/mol. The Morgan fingerprint density at radius 2 is 1.38 bits per heavy atom. The molecule has 0 radical (unpaired) electrons.